The van der Waals surface area contributed by atoms with E-state index in [0.717, 1.165) is 16.5 Å². The maximum absolute atomic E-state index is 13.1. The Morgan fingerprint density at radius 1 is 0.933 bits per heavy atom. The van der Waals surface area contributed by atoms with Crippen molar-refractivity contribution in [2.24, 2.45) is 0 Å². The van der Waals surface area contributed by atoms with E-state index in [1.54, 1.807) is 43.3 Å². The van der Waals surface area contributed by atoms with Crippen molar-refractivity contribution < 1.29 is 19.0 Å². The van der Waals surface area contributed by atoms with Gasteiger partial charge in [0.25, 0.3) is 5.91 Å². The summed E-state index contributed by atoms with van der Waals surface area (Å²) in [6, 6.07) is 16.8. The lowest BCUT2D eigenvalue weighted by molar-refractivity contribution is 0.0960. The second kappa shape index (κ2) is 8.29. The highest BCUT2D eigenvalue weighted by molar-refractivity contribution is 6.03. The third-order valence-electron chi connectivity index (χ3n) is 4.88. The van der Waals surface area contributed by atoms with Crippen molar-refractivity contribution in [3.05, 3.63) is 72.6 Å². The molecule has 0 aliphatic carbocycles. The SMILES string of the molecule is CCOc1ccccc1C(=O)n1ccc2cc(-c3ccc(OC)c(OC)c3)cnc21. The number of nitrogens with zero attached hydrogens (tertiary/aromatic N) is 2. The number of carbonyl (C=O) groups excluding carboxylic acids is 1. The van der Waals surface area contributed by atoms with Gasteiger partial charge in [0.2, 0.25) is 0 Å². The van der Waals surface area contributed by atoms with Crippen LogP contribution in [0.3, 0.4) is 0 Å². The molecule has 2 aromatic heterocycles. The predicted molar refractivity (Wildman–Crippen MR) is 116 cm³/mol. The molecule has 0 saturated heterocycles. The number of hydrogen-bond donors (Lipinski definition) is 0. The summed E-state index contributed by atoms with van der Waals surface area (Å²) in [6.45, 7) is 2.38. The third-order valence-corrected chi connectivity index (χ3v) is 4.88. The van der Waals surface area contributed by atoms with Crippen LogP contribution < -0.4 is 14.2 Å². The number of para-hydroxylation sites is 1. The fourth-order valence-corrected chi connectivity index (χ4v) is 3.42. The lowest BCUT2D eigenvalue weighted by Gasteiger charge is -2.11. The topological polar surface area (TPSA) is 62.6 Å². The molecule has 4 rings (SSSR count). The molecule has 6 nitrogen and oxygen atoms in total. The summed E-state index contributed by atoms with van der Waals surface area (Å²) in [7, 11) is 3.21. The monoisotopic (exact) mass is 402 g/mol. The first-order valence-corrected chi connectivity index (χ1v) is 9.62. The zero-order valence-corrected chi connectivity index (χ0v) is 17.1. The van der Waals surface area contributed by atoms with Gasteiger partial charge in [0, 0.05) is 23.3 Å². The van der Waals surface area contributed by atoms with Crippen LogP contribution in [0.4, 0.5) is 0 Å². The lowest BCUT2D eigenvalue weighted by atomic mass is 10.1. The number of fused-ring (bicyclic) bond motifs is 1. The second-order valence-electron chi connectivity index (χ2n) is 6.63. The summed E-state index contributed by atoms with van der Waals surface area (Å²) in [6.07, 6.45) is 3.49. The van der Waals surface area contributed by atoms with E-state index in [9.17, 15) is 4.79 Å². The summed E-state index contributed by atoms with van der Waals surface area (Å²) in [4.78, 5) is 17.7. The first kappa shape index (κ1) is 19.5. The van der Waals surface area contributed by atoms with Gasteiger partial charge in [-0.3, -0.25) is 9.36 Å². The van der Waals surface area contributed by atoms with E-state index in [1.165, 1.54) is 0 Å². The molecule has 0 spiro atoms. The minimum atomic E-state index is -0.180. The summed E-state index contributed by atoms with van der Waals surface area (Å²) < 4.78 is 17.9. The van der Waals surface area contributed by atoms with Gasteiger partial charge in [-0.1, -0.05) is 18.2 Å². The fraction of sp³-hybridized carbons (Fsp3) is 0.167. The zero-order valence-electron chi connectivity index (χ0n) is 17.1. The van der Waals surface area contributed by atoms with Crippen molar-refractivity contribution in [3.8, 4) is 28.4 Å². The molecule has 4 aromatic rings. The molecule has 152 valence electrons. The van der Waals surface area contributed by atoms with E-state index in [-0.39, 0.29) is 5.91 Å². The molecule has 0 bridgehead atoms. The Bertz CT molecular complexity index is 1210. The Morgan fingerprint density at radius 3 is 2.50 bits per heavy atom. The molecular weight excluding hydrogens is 380 g/mol. The summed E-state index contributed by atoms with van der Waals surface area (Å²) in [5.41, 5.74) is 2.96. The van der Waals surface area contributed by atoms with Gasteiger partial charge < -0.3 is 14.2 Å². The number of ether oxygens (including phenoxy) is 3. The van der Waals surface area contributed by atoms with Crippen molar-refractivity contribution in [1.29, 1.82) is 0 Å². The molecular formula is C24H22N2O4. The number of hydrogen-bond acceptors (Lipinski definition) is 5. The molecule has 0 aliphatic rings. The van der Waals surface area contributed by atoms with Gasteiger partial charge in [-0.15, -0.1) is 0 Å². The van der Waals surface area contributed by atoms with Crippen molar-refractivity contribution in [2.75, 3.05) is 20.8 Å². The number of methoxy groups -OCH3 is 2. The van der Waals surface area contributed by atoms with Crippen molar-refractivity contribution in [2.45, 2.75) is 6.92 Å². The minimum Gasteiger partial charge on any atom is -0.493 e. The molecule has 0 unspecified atom stereocenters. The van der Waals surface area contributed by atoms with Crippen LogP contribution in [-0.4, -0.2) is 36.3 Å². The third kappa shape index (κ3) is 3.48. The average molecular weight is 402 g/mol. The van der Waals surface area contributed by atoms with Crippen LogP contribution >= 0.6 is 0 Å². The molecule has 0 aliphatic heterocycles. The van der Waals surface area contributed by atoms with Crippen LogP contribution in [0.25, 0.3) is 22.2 Å². The van der Waals surface area contributed by atoms with Crippen LogP contribution in [0, 0.1) is 0 Å². The highest BCUT2D eigenvalue weighted by Gasteiger charge is 2.17. The van der Waals surface area contributed by atoms with Crippen LogP contribution in [0.15, 0.2) is 67.0 Å². The summed E-state index contributed by atoms with van der Waals surface area (Å²) in [5, 5.41) is 0.865. The lowest BCUT2D eigenvalue weighted by Crippen LogP contribution is -2.13. The van der Waals surface area contributed by atoms with Gasteiger partial charge in [0.15, 0.2) is 11.5 Å². The Labute approximate surface area is 174 Å². The largest absolute Gasteiger partial charge is 0.493 e. The summed E-state index contributed by atoms with van der Waals surface area (Å²) in [5.74, 6) is 1.70. The Kier molecular flexibility index (Phi) is 5.39. The molecule has 0 N–H and O–H groups in total. The maximum Gasteiger partial charge on any atom is 0.267 e. The zero-order chi connectivity index (χ0) is 21.1. The van der Waals surface area contributed by atoms with Crippen molar-refractivity contribution in [1.82, 2.24) is 9.55 Å². The van der Waals surface area contributed by atoms with Gasteiger partial charge in [-0.2, -0.15) is 0 Å². The van der Waals surface area contributed by atoms with Gasteiger partial charge in [-0.25, -0.2) is 4.98 Å². The van der Waals surface area contributed by atoms with Gasteiger partial charge in [-0.05, 0) is 48.9 Å². The van der Waals surface area contributed by atoms with E-state index in [1.807, 2.05) is 49.4 Å². The molecule has 30 heavy (non-hydrogen) atoms. The Morgan fingerprint density at radius 2 is 1.73 bits per heavy atom. The highest BCUT2D eigenvalue weighted by atomic mass is 16.5. The second-order valence-corrected chi connectivity index (χ2v) is 6.63. The van der Waals surface area contributed by atoms with Crippen molar-refractivity contribution in [3.63, 3.8) is 0 Å². The van der Waals surface area contributed by atoms with E-state index < -0.39 is 0 Å². The number of aromatic nitrogens is 2. The standard InChI is InChI=1S/C24H22N2O4/c1-4-30-20-8-6-5-7-19(20)24(27)26-12-11-17-13-18(15-25-23(17)26)16-9-10-21(28-2)22(14-16)29-3/h5-15H,4H2,1-3H3. The van der Waals surface area contributed by atoms with Gasteiger partial charge in [0.1, 0.15) is 11.4 Å². The average Bonchev–Trinajstić information content (AvgIpc) is 3.22. The number of carbonyl (C=O) groups is 1. The maximum atomic E-state index is 13.1. The van der Waals surface area contributed by atoms with Gasteiger partial charge >= 0.3 is 0 Å². The van der Waals surface area contributed by atoms with Crippen molar-refractivity contribution >= 4 is 16.9 Å². The molecule has 0 fully saturated rings. The van der Waals surface area contributed by atoms with Gasteiger partial charge in [0.05, 0.1) is 26.4 Å². The van der Waals surface area contributed by atoms with Crippen LogP contribution in [0.1, 0.15) is 17.3 Å². The first-order chi connectivity index (χ1) is 14.7. The number of benzene rings is 2. The smallest absolute Gasteiger partial charge is 0.267 e. The normalized spacial score (nSPS) is 10.8. The van der Waals surface area contributed by atoms with E-state index in [0.29, 0.717) is 35.1 Å². The number of rotatable bonds is 6. The molecule has 0 amide bonds. The summed E-state index contributed by atoms with van der Waals surface area (Å²) >= 11 is 0. The first-order valence-electron chi connectivity index (χ1n) is 9.62. The van der Waals surface area contributed by atoms with E-state index >= 15 is 0 Å². The fourth-order valence-electron chi connectivity index (χ4n) is 3.42. The van der Waals surface area contributed by atoms with Crippen LogP contribution in [0.5, 0.6) is 17.2 Å². The molecule has 0 saturated carbocycles. The Hall–Kier alpha value is -3.80. The highest BCUT2D eigenvalue weighted by Crippen LogP contribution is 2.33. The Balaban J connectivity index is 1.72. The molecule has 0 atom stereocenters. The minimum absolute atomic E-state index is 0.180. The molecule has 6 heteroatoms. The van der Waals surface area contributed by atoms with E-state index in [2.05, 4.69) is 4.98 Å². The van der Waals surface area contributed by atoms with E-state index in [4.69, 9.17) is 14.2 Å². The van der Waals surface area contributed by atoms with Crippen LogP contribution in [-0.2, 0) is 0 Å². The predicted octanol–water partition coefficient (Wildman–Crippen LogP) is 4.81. The molecule has 2 heterocycles. The van der Waals surface area contributed by atoms with Crippen LogP contribution in [0.2, 0.25) is 0 Å². The molecule has 2 aromatic carbocycles. The number of pyridine rings is 1. The quantitative estimate of drug-likeness (QED) is 0.463. The molecule has 0 radical (unpaired) electrons.